The molecule has 4 N–H and O–H groups in total. The van der Waals surface area contributed by atoms with Crippen molar-refractivity contribution in [2.75, 3.05) is 0 Å². The molecule has 0 radical (unpaired) electrons. The summed E-state index contributed by atoms with van der Waals surface area (Å²) in [4.78, 5) is 0. The SMILES string of the molecule is Cc1cc(Cl)cc(C(N)C(N)c2cc(C)cc(Cl)c2)c1. The summed E-state index contributed by atoms with van der Waals surface area (Å²) in [5.74, 6) is 0. The van der Waals surface area contributed by atoms with Crippen LogP contribution < -0.4 is 11.5 Å². The van der Waals surface area contributed by atoms with E-state index in [-0.39, 0.29) is 12.1 Å². The minimum Gasteiger partial charge on any atom is -0.322 e. The highest BCUT2D eigenvalue weighted by atomic mass is 35.5. The van der Waals surface area contributed by atoms with E-state index in [2.05, 4.69) is 0 Å². The van der Waals surface area contributed by atoms with Crippen molar-refractivity contribution in [1.29, 1.82) is 0 Å². The Morgan fingerprint density at radius 2 is 1.05 bits per heavy atom. The third kappa shape index (κ3) is 3.53. The lowest BCUT2D eigenvalue weighted by molar-refractivity contribution is 0.574. The fourth-order valence-corrected chi connectivity index (χ4v) is 2.92. The summed E-state index contributed by atoms with van der Waals surface area (Å²) >= 11 is 12.2. The highest BCUT2D eigenvalue weighted by Gasteiger charge is 2.18. The number of benzene rings is 2. The molecule has 0 saturated carbocycles. The molecule has 0 saturated heterocycles. The Hall–Kier alpha value is -1.06. The molecule has 2 nitrogen and oxygen atoms in total. The van der Waals surface area contributed by atoms with Gasteiger partial charge in [0, 0.05) is 22.1 Å². The zero-order chi connectivity index (χ0) is 14.9. The summed E-state index contributed by atoms with van der Waals surface area (Å²) in [5, 5.41) is 1.34. The molecule has 4 heteroatoms. The molecule has 0 aliphatic carbocycles. The largest absolute Gasteiger partial charge is 0.322 e. The van der Waals surface area contributed by atoms with Crippen molar-refractivity contribution in [2.24, 2.45) is 11.5 Å². The molecule has 0 aromatic heterocycles. The van der Waals surface area contributed by atoms with Crippen molar-refractivity contribution in [3.8, 4) is 0 Å². The lowest BCUT2D eigenvalue weighted by Crippen LogP contribution is -2.26. The molecular weight excluding hydrogens is 291 g/mol. The number of halogens is 2. The van der Waals surface area contributed by atoms with E-state index < -0.39 is 0 Å². The molecule has 0 fully saturated rings. The van der Waals surface area contributed by atoms with E-state index in [9.17, 15) is 0 Å². The fourth-order valence-electron chi connectivity index (χ4n) is 2.33. The summed E-state index contributed by atoms with van der Waals surface area (Å²) < 4.78 is 0. The molecule has 106 valence electrons. The summed E-state index contributed by atoms with van der Waals surface area (Å²) in [6.07, 6.45) is 0. The Balaban J connectivity index is 2.34. The van der Waals surface area contributed by atoms with Gasteiger partial charge in [-0.25, -0.2) is 0 Å². The van der Waals surface area contributed by atoms with Gasteiger partial charge >= 0.3 is 0 Å². The standard InChI is InChI=1S/C16H18Cl2N2/c1-9-3-11(7-13(17)5-9)15(19)16(20)12-4-10(2)6-14(18)8-12/h3-8,15-16H,19-20H2,1-2H3. The van der Waals surface area contributed by atoms with E-state index in [0.717, 1.165) is 22.3 Å². The van der Waals surface area contributed by atoms with Crippen molar-refractivity contribution in [3.05, 3.63) is 68.7 Å². The first-order chi connectivity index (χ1) is 9.36. The van der Waals surface area contributed by atoms with Gasteiger partial charge in [-0.2, -0.15) is 0 Å². The van der Waals surface area contributed by atoms with Gasteiger partial charge in [0.25, 0.3) is 0 Å². The van der Waals surface area contributed by atoms with E-state index >= 15 is 0 Å². The third-order valence-electron chi connectivity index (χ3n) is 3.29. The van der Waals surface area contributed by atoms with Crippen molar-refractivity contribution < 1.29 is 0 Å². The van der Waals surface area contributed by atoms with Gasteiger partial charge in [-0.3, -0.25) is 0 Å². The van der Waals surface area contributed by atoms with Gasteiger partial charge in [0.1, 0.15) is 0 Å². The van der Waals surface area contributed by atoms with Crippen molar-refractivity contribution >= 4 is 23.2 Å². The lowest BCUT2D eigenvalue weighted by Gasteiger charge is -2.22. The number of hydrogen-bond acceptors (Lipinski definition) is 2. The second-order valence-electron chi connectivity index (χ2n) is 5.18. The quantitative estimate of drug-likeness (QED) is 0.887. The van der Waals surface area contributed by atoms with Gasteiger partial charge in [-0.1, -0.05) is 35.3 Å². The van der Waals surface area contributed by atoms with Crippen molar-refractivity contribution in [3.63, 3.8) is 0 Å². The summed E-state index contributed by atoms with van der Waals surface area (Å²) in [7, 11) is 0. The Morgan fingerprint density at radius 3 is 1.35 bits per heavy atom. The maximum Gasteiger partial charge on any atom is 0.0491 e. The summed E-state index contributed by atoms with van der Waals surface area (Å²) in [6.45, 7) is 3.97. The predicted molar refractivity (Wildman–Crippen MR) is 86.2 cm³/mol. The second kappa shape index (κ2) is 6.15. The Labute approximate surface area is 129 Å². The molecular formula is C16H18Cl2N2. The summed E-state index contributed by atoms with van der Waals surface area (Å²) in [5.41, 5.74) is 16.6. The van der Waals surface area contributed by atoms with Gasteiger partial charge in [-0.05, 0) is 60.4 Å². The fraction of sp³-hybridized carbons (Fsp3) is 0.250. The molecule has 2 aromatic rings. The normalized spacial score (nSPS) is 14.1. The number of nitrogens with two attached hydrogens (primary N) is 2. The molecule has 0 bridgehead atoms. The zero-order valence-corrected chi connectivity index (χ0v) is 13.0. The first-order valence-electron chi connectivity index (χ1n) is 6.42. The molecule has 2 atom stereocenters. The monoisotopic (exact) mass is 308 g/mol. The molecule has 0 heterocycles. The molecule has 2 rings (SSSR count). The molecule has 0 aliphatic rings. The molecule has 20 heavy (non-hydrogen) atoms. The van der Waals surface area contributed by atoms with E-state index in [0.29, 0.717) is 10.0 Å². The number of hydrogen-bond donors (Lipinski definition) is 2. The van der Waals surface area contributed by atoms with Crippen LogP contribution in [-0.4, -0.2) is 0 Å². The highest BCUT2D eigenvalue weighted by Crippen LogP contribution is 2.29. The van der Waals surface area contributed by atoms with Gasteiger partial charge in [-0.15, -0.1) is 0 Å². The van der Waals surface area contributed by atoms with Crippen molar-refractivity contribution in [1.82, 2.24) is 0 Å². The molecule has 2 aromatic carbocycles. The predicted octanol–water partition coefficient (Wildman–Crippen LogP) is 4.31. The van der Waals surface area contributed by atoms with Crippen LogP contribution in [0.4, 0.5) is 0 Å². The minimum atomic E-state index is -0.328. The van der Waals surface area contributed by atoms with Crippen LogP contribution in [0.5, 0.6) is 0 Å². The average Bonchev–Trinajstić information content (AvgIpc) is 2.34. The molecule has 0 amide bonds. The number of rotatable bonds is 3. The van der Waals surface area contributed by atoms with Crippen LogP contribution >= 0.6 is 23.2 Å². The van der Waals surface area contributed by atoms with Gasteiger partial charge in [0.15, 0.2) is 0 Å². The first kappa shape index (κ1) is 15.3. The van der Waals surface area contributed by atoms with Crippen LogP contribution in [0.3, 0.4) is 0 Å². The van der Waals surface area contributed by atoms with Crippen LogP contribution in [-0.2, 0) is 0 Å². The smallest absolute Gasteiger partial charge is 0.0491 e. The number of aryl methyl sites for hydroxylation is 2. The van der Waals surface area contributed by atoms with E-state index in [1.165, 1.54) is 0 Å². The average molecular weight is 309 g/mol. The maximum atomic E-state index is 6.28. The maximum absolute atomic E-state index is 6.28. The minimum absolute atomic E-state index is 0.328. The van der Waals surface area contributed by atoms with Crippen LogP contribution in [0.2, 0.25) is 10.0 Å². The summed E-state index contributed by atoms with van der Waals surface area (Å²) in [6, 6.07) is 10.9. The Kier molecular flexibility index (Phi) is 4.71. The van der Waals surface area contributed by atoms with Crippen LogP contribution in [0.25, 0.3) is 0 Å². The topological polar surface area (TPSA) is 52.0 Å². The zero-order valence-electron chi connectivity index (χ0n) is 11.5. The third-order valence-corrected chi connectivity index (χ3v) is 3.72. The second-order valence-corrected chi connectivity index (χ2v) is 6.05. The van der Waals surface area contributed by atoms with Gasteiger partial charge in [0.05, 0.1) is 0 Å². The van der Waals surface area contributed by atoms with E-state index in [1.54, 1.807) is 0 Å². The first-order valence-corrected chi connectivity index (χ1v) is 7.18. The molecule has 0 aliphatic heterocycles. The van der Waals surface area contributed by atoms with Crippen LogP contribution in [0.15, 0.2) is 36.4 Å². The highest BCUT2D eigenvalue weighted by molar-refractivity contribution is 6.31. The molecule has 0 spiro atoms. The lowest BCUT2D eigenvalue weighted by atomic mass is 9.93. The van der Waals surface area contributed by atoms with Crippen LogP contribution in [0.1, 0.15) is 34.3 Å². The van der Waals surface area contributed by atoms with Gasteiger partial charge in [0.2, 0.25) is 0 Å². The van der Waals surface area contributed by atoms with Gasteiger partial charge < -0.3 is 11.5 Å². The Morgan fingerprint density at radius 1 is 0.700 bits per heavy atom. The van der Waals surface area contributed by atoms with Crippen molar-refractivity contribution in [2.45, 2.75) is 25.9 Å². The van der Waals surface area contributed by atoms with Crippen LogP contribution in [0, 0.1) is 13.8 Å². The molecule has 2 unspecified atom stereocenters. The van der Waals surface area contributed by atoms with E-state index in [1.807, 2.05) is 50.2 Å². The Bertz CT molecular complexity index is 530. The van der Waals surface area contributed by atoms with E-state index in [4.69, 9.17) is 34.7 Å².